The van der Waals surface area contributed by atoms with E-state index in [9.17, 15) is 9.59 Å². The van der Waals surface area contributed by atoms with Crippen LogP contribution in [-0.2, 0) is 11.3 Å². The fourth-order valence-electron chi connectivity index (χ4n) is 2.13. The van der Waals surface area contributed by atoms with Gasteiger partial charge in [0.2, 0.25) is 5.69 Å². The number of amides is 1. The highest BCUT2D eigenvalue weighted by molar-refractivity contribution is 5.92. The van der Waals surface area contributed by atoms with Gasteiger partial charge in [-0.2, -0.15) is 14.6 Å². The van der Waals surface area contributed by atoms with Crippen LogP contribution in [0.4, 0.5) is 0 Å². The molecule has 0 unspecified atom stereocenters. The topological polar surface area (TPSA) is 94.6 Å². The van der Waals surface area contributed by atoms with Crippen molar-refractivity contribution in [1.29, 1.82) is 0 Å². The molecule has 106 valence electrons. The number of nitrogens with zero attached hydrogens (tertiary/aromatic N) is 6. The van der Waals surface area contributed by atoms with Crippen molar-refractivity contribution < 1.29 is 9.53 Å². The van der Waals surface area contributed by atoms with Gasteiger partial charge in [0.1, 0.15) is 6.33 Å². The lowest BCUT2D eigenvalue weighted by molar-refractivity contribution is 0.0295. The Labute approximate surface area is 113 Å². The van der Waals surface area contributed by atoms with Crippen molar-refractivity contribution in [3.63, 3.8) is 0 Å². The molecule has 0 saturated carbocycles. The number of ether oxygens (including phenoxy) is 1. The predicted octanol–water partition coefficient (Wildman–Crippen LogP) is -1.22. The average molecular weight is 278 g/mol. The van der Waals surface area contributed by atoms with Crippen LogP contribution < -0.4 is 5.56 Å². The minimum atomic E-state index is -0.543. The van der Waals surface area contributed by atoms with E-state index in [0.29, 0.717) is 38.6 Å². The molecule has 0 atom stereocenters. The van der Waals surface area contributed by atoms with Crippen molar-refractivity contribution in [2.24, 2.45) is 0 Å². The number of fused-ring (bicyclic) bond motifs is 1. The summed E-state index contributed by atoms with van der Waals surface area (Å²) in [5, 5.41) is 7.97. The molecule has 1 aliphatic rings. The summed E-state index contributed by atoms with van der Waals surface area (Å²) in [6.45, 7) is 4.21. The molecule has 0 radical (unpaired) electrons. The highest BCUT2D eigenvalue weighted by Crippen LogP contribution is 2.03. The van der Waals surface area contributed by atoms with Gasteiger partial charge in [0.15, 0.2) is 0 Å². The Morgan fingerprint density at radius 3 is 2.85 bits per heavy atom. The molecule has 0 N–H and O–H groups in total. The van der Waals surface area contributed by atoms with Crippen molar-refractivity contribution in [2.75, 3.05) is 26.3 Å². The lowest BCUT2D eigenvalue weighted by Gasteiger charge is -2.26. The first kappa shape index (κ1) is 12.7. The van der Waals surface area contributed by atoms with E-state index < -0.39 is 11.5 Å². The molecule has 0 bridgehead atoms. The van der Waals surface area contributed by atoms with Crippen molar-refractivity contribution >= 4 is 11.7 Å². The lowest BCUT2D eigenvalue weighted by atomic mass is 10.3. The third-order valence-corrected chi connectivity index (χ3v) is 3.18. The van der Waals surface area contributed by atoms with Gasteiger partial charge >= 0.3 is 5.56 Å². The molecule has 1 aliphatic heterocycles. The summed E-state index contributed by atoms with van der Waals surface area (Å²) in [4.78, 5) is 30.2. The summed E-state index contributed by atoms with van der Waals surface area (Å²) in [7, 11) is 0. The maximum Gasteiger partial charge on any atom is 0.307 e. The Kier molecular flexibility index (Phi) is 3.18. The molecule has 1 fully saturated rings. The second kappa shape index (κ2) is 5.00. The quantitative estimate of drug-likeness (QED) is 0.683. The van der Waals surface area contributed by atoms with Gasteiger partial charge in [0.05, 0.1) is 13.2 Å². The van der Waals surface area contributed by atoms with Gasteiger partial charge in [-0.3, -0.25) is 9.59 Å². The van der Waals surface area contributed by atoms with Crippen LogP contribution in [0.25, 0.3) is 5.78 Å². The van der Waals surface area contributed by atoms with Gasteiger partial charge in [0, 0.05) is 19.6 Å². The number of carbonyl (C=O) groups is 1. The van der Waals surface area contributed by atoms with Crippen LogP contribution in [-0.4, -0.2) is 61.5 Å². The summed E-state index contributed by atoms with van der Waals surface area (Å²) in [6, 6.07) is 0. The van der Waals surface area contributed by atoms with Crippen molar-refractivity contribution in [3.8, 4) is 0 Å². The summed E-state index contributed by atoms with van der Waals surface area (Å²) in [6.07, 6.45) is 1.27. The summed E-state index contributed by atoms with van der Waals surface area (Å²) in [5.41, 5.74) is -0.676. The second-order valence-electron chi connectivity index (χ2n) is 4.35. The van der Waals surface area contributed by atoms with Crippen LogP contribution >= 0.6 is 0 Å². The SMILES string of the molecule is CCn1nc(C(=O)N2CCOCC2)c(=O)n2ncnc12. The van der Waals surface area contributed by atoms with Gasteiger partial charge in [-0.15, -0.1) is 5.10 Å². The standard InChI is InChI=1S/C11H14N6O3/c1-2-16-11-12-7-13-17(11)10(19)8(14-16)9(18)15-3-5-20-6-4-15/h7H,2-6H2,1H3. The Bertz CT molecular complexity index is 700. The number of morpholine rings is 1. The highest BCUT2D eigenvalue weighted by atomic mass is 16.5. The van der Waals surface area contributed by atoms with E-state index in [2.05, 4.69) is 15.2 Å². The maximum atomic E-state index is 12.4. The largest absolute Gasteiger partial charge is 0.378 e. The monoisotopic (exact) mass is 278 g/mol. The van der Waals surface area contributed by atoms with E-state index >= 15 is 0 Å². The Hall–Kier alpha value is -2.29. The van der Waals surface area contributed by atoms with Crippen LogP contribution in [0.15, 0.2) is 11.1 Å². The van der Waals surface area contributed by atoms with Gasteiger partial charge in [-0.05, 0) is 6.92 Å². The third kappa shape index (κ3) is 1.95. The normalized spacial score (nSPS) is 15.8. The average Bonchev–Trinajstić information content (AvgIpc) is 2.98. The molecule has 0 aromatic carbocycles. The molecule has 9 nitrogen and oxygen atoms in total. The molecule has 2 aromatic heterocycles. The smallest absolute Gasteiger partial charge is 0.307 e. The van der Waals surface area contributed by atoms with Crippen molar-refractivity contribution in [3.05, 3.63) is 22.4 Å². The van der Waals surface area contributed by atoms with Crippen molar-refractivity contribution in [2.45, 2.75) is 13.5 Å². The zero-order chi connectivity index (χ0) is 14.1. The number of aryl methyl sites for hydroxylation is 1. The van der Waals surface area contributed by atoms with Gasteiger partial charge in [-0.25, -0.2) is 4.68 Å². The first-order valence-corrected chi connectivity index (χ1v) is 6.40. The van der Waals surface area contributed by atoms with E-state index in [0.717, 1.165) is 4.52 Å². The van der Waals surface area contributed by atoms with Crippen LogP contribution in [0.1, 0.15) is 17.4 Å². The minimum Gasteiger partial charge on any atom is -0.378 e. The number of carbonyl (C=O) groups excluding carboxylic acids is 1. The van der Waals surface area contributed by atoms with Crippen LogP contribution in [0.3, 0.4) is 0 Å². The minimum absolute atomic E-state index is 0.133. The first-order valence-electron chi connectivity index (χ1n) is 6.40. The van der Waals surface area contributed by atoms with Crippen molar-refractivity contribution in [1.82, 2.24) is 29.3 Å². The van der Waals surface area contributed by atoms with Gasteiger partial charge < -0.3 is 9.64 Å². The molecular formula is C11H14N6O3. The molecule has 0 aliphatic carbocycles. The van der Waals surface area contributed by atoms with Crippen LogP contribution in [0.2, 0.25) is 0 Å². The second-order valence-corrected chi connectivity index (χ2v) is 4.35. The molecule has 9 heteroatoms. The fourth-order valence-corrected chi connectivity index (χ4v) is 2.13. The highest BCUT2D eigenvalue weighted by Gasteiger charge is 2.25. The number of hydrogen-bond donors (Lipinski definition) is 0. The number of hydrogen-bond acceptors (Lipinski definition) is 6. The molecule has 20 heavy (non-hydrogen) atoms. The van der Waals surface area contributed by atoms with E-state index in [1.54, 1.807) is 4.90 Å². The zero-order valence-corrected chi connectivity index (χ0v) is 11.0. The maximum absolute atomic E-state index is 12.4. The predicted molar refractivity (Wildman–Crippen MR) is 67.4 cm³/mol. The fraction of sp³-hybridized carbons (Fsp3) is 0.545. The number of rotatable bonds is 2. The molecule has 1 saturated heterocycles. The van der Waals surface area contributed by atoms with Gasteiger partial charge in [-0.1, -0.05) is 0 Å². The molecule has 1 amide bonds. The first-order chi connectivity index (χ1) is 9.72. The van der Waals surface area contributed by atoms with E-state index in [1.165, 1.54) is 11.0 Å². The molecule has 2 aromatic rings. The Morgan fingerprint density at radius 1 is 1.40 bits per heavy atom. The van der Waals surface area contributed by atoms with Crippen LogP contribution in [0, 0.1) is 0 Å². The Balaban J connectivity index is 2.08. The number of aromatic nitrogens is 5. The summed E-state index contributed by atoms with van der Waals surface area (Å²) < 4.78 is 7.78. The lowest BCUT2D eigenvalue weighted by Crippen LogP contribution is -2.44. The Morgan fingerprint density at radius 2 is 2.15 bits per heavy atom. The molecule has 0 spiro atoms. The van der Waals surface area contributed by atoms with E-state index in [-0.39, 0.29) is 5.69 Å². The van der Waals surface area contributed by atoms with Gasteiger partial charge in [0.25, 0.3) is 11.7 Å². The summed E-state index contributed by atoms with van der Waals surface area (Å²) >= 11 is 0. The third-order valence-electron chi connectivity index (χ3n) is 3.18. The summed E-state index contributed by atoms with van der Waals surface area (Å²) in [5.74, 6) is -0.0612. The van der Waals surface area contributed by atoms with E-state index in [4.69, 9.17) is 4.74 Å². The van der Waals surface area contributed by atoms with E-state index in [1.807, 2.05) is 6.92 Å². The molecular weight excluding hydrogens is 264 g/mol. The zero-order valence-electron chi connectivity index (χ0n) is 11.0. The van der Waals surface area contributed by atoms with Crippen LogP contribution in [0.5, 0.6) is 0 Å². The molecule has 3 rings (SSSR count). The molecule has 3 heterocycles.